The van der Waals surface area contributed by atoms with Crippen LogP contribution < -0.4 is 20.7 Å². The normalized spacial score (nSPS) is 11.7. The van der Waals surface area contributed by atoms with E-state index >= 15 is 0 Å². The fraction of sp³-hybridized carbons (Fsp3) is 0.588. The van der Waals surface area contributed by atoms with Crippen LogP contribution in [0.25, 0.3) is 0 Å². The highest BCUT2D eigenvalue weighted by Crippen LogP contribution is 2.22. The van der Waals surface area contributed by atoms with Gasteiger partial charge < -0.3 is 20.7 Å². The predicted molar refractivity (Wildman–Crippen MR) is 114 cm³/mol. The van der Waals surface area contributed by atoms with E-state index < -0.39 is 0 Å². The lowest BCUT2D eigenvalue weighted by molar-refractivity contribution is 0.414. The smallest absolute Gasteiger partial charge is 0.191 e. The van der Waals surface area contributed by atoms with E-state index in [9.17, 15) is 0 Å². The molecule has 0 unspecified atom stereocenters. The molecule has 0 heterocycles. The van der Waals surface area contributed by atoms with Crippen LogP contribution >= 0.6 is 35.6 Å². The molecule has 0 aromatic heterocycles. The molecule has 0 fully saturated rings. The van der Waals surface area contributed by atoms with Crippen LogP contribution in [0.5, 0.6) is 5.75 Å². The van der Waals surface area contributed by atoms with Gasteiger partial charge in [-0.1, -0.05) is 17.7 Å². The van der Waals surface area contributed by atoms with Crippen molar-refractivity contribution < 1.29 is 4.74 Å². The highest BCUT2D eigenvalue weighted by molar-refractivity contribution is 14.0. The molecule has 0 atom stereocenters. The molecule has 1 rings (SSSR count). The maximum atomic E-state index is 6.24. The number of aliphatic imine (C=N–C) groups is 1. The van der Waals surface area contributed by atoms with Gasteiger partial charge in [0.25, 0.3) is 0 Å². The first-order valence-electron chi connectivity index (χ1n) is 7.87. The van der Waals surface area contributed by atoms with Crippen molar-refractivity contribution in [1.29, 1.82) is 0 Å². The van der Waals surface area contributed by atoms with Gasteiger partial charge in [0.15, 0.2) is 5.96 Å². The predicted octanol–water partition coefficient (Wildman–Crippen LogP) is 3.06. The summed E-state index contributed by atoms with van der Waals surface area (Å²) in [7, 11) is 3.41. The topological polar surface area (TPSA) is 57.7 Å². The average molecular weight is 469 g/mol. The van der Waals surface area contributed by atoms with Gasteiger partial charge in [0.05, 0.1) is 7.11 Å². The molecule has 1 aromatic carbocycles. The minimum absolute atomic E-state index is 0. The summed E-state index contributed by atoms with van der Waals surface area (Å²) in [5, 5.41) is 10.7. The number of hydrogen-bond acceptors (Lipinski definition) is 3. The zero-order chi connectivity index (χ0) is 17.3. The second kappa shape index (κ2) is 11.8. The average Bonchev–Trinajstić information content (AvgIpc) is 2.50. The van der Waals surface area contributed by atoms with Gasteiger partial charge in [-0.15, -0.1) is 24.0 Å². The summed E-state index contributed by atoms with van der Waals surface area (Å²) in [6.45, 7) is 8.92. The third-order valence-corrected chi connectivity index (χ3v) is 3.60. The van der Waals surface area contributed by atoms with E-state index in [4.69, 9.17) is 16.3 Å². The molecule has 0 saturated carbocycles. The quantitative estimate of drug-likeness (QED) is 0.249. The third kappa shape index (κ3) is 9.54. The van der Waals surface area contributed by atoms with Gasteiger partial charge in [0.2, 0.25) is 0 Å². The second-order valence-corrected chi connectivity index (χ2v) is 6.72. The van der Waals surface area contributed by atoms with E-state index in [1.165, 1.54) is 0 Å². The minimum Gasteiger partial charge on any atom is -0.497 e. The number of nitrogens with zero attached hydrogens (tertiary/aromatic N) is 1. The van der Waals surface area contributed by atoms with Crippen molar-refractivity contribution in [3.8, 4) is 5.75 Å². The fourth-order valence-electron chi connectivity index (χ4n) is 2.01. The molecule has 0 spiro atoms. The summed E-state index contributed by atoms with van der Waals surface area (Å²) in [4.78, 5) is 4.22. The zero-order valence-electron chi connectivity index (χ0n) is 15.2. The Morgan fingerprint density at radius 3 is 2.38 bits per heavy atom. The number of ether oxygens (including phenoxy) is 1. The van der Waals surface area contributed by atoms with Crippen molar-refractivity contribution in [3.63, 3.8) is 0 Å². The summed E-state index contributed by atoms with van der Waals surface area (Å²) in [6, 6.07) is 5.75. The van der Waals surface area contributed by atoms with E-state index in [0.717, 1.165) is 48.4 Å². The van der Waals surface area contributed by atoms with Crippen LogP contribution in [0.3, 0.4) is 0 Å². The van der Waals surface area contributed by atoms with Gasteiger partial charge in [-0.25, -0.2) is 0 Å². The maximum absolute atomic E-state index is 6.24. The summed E-state index contributed by atoms with van der Waals surface area (Å²) >= 11 is 6.24. The molecule has 0 aliphatic rings. The molecule has 5 nitrogen and oxygen atoms in total. The molecule has 0 bridgehead atoms. The molecule has 7 heteroatoms. The first-order valence-corrected chi connectivity index (χ1v) is 8.25. The number of benzene rings is 1. The van der Waals surface area contributed by atoms with E-state index in [0.29, 0.717) is 0 Å². The number of rotatable bonds is 7. The molecular weight excluding hydrogens is 439 g/mol. The van der Waals surface area contributed by atoms with Crippen LogP contribution in [0, 0.1) is 0 Å². The van der Waals surface area contributed by atoms with Crippen LogP contribution in [0.15, 0.2) is 23.2 Å². The molecule has 0 aliphatic carbocycles. The molecule has 3 N–H and O–H groups in total. The Labute approximate surface area is 168 Å². The van der Waals surface area contributed by atoms with Gasteiger partial charge in [-0.3, -0.25) is 4.99 Å². The SMILES string of the molecule is CN=C(NCCNC(C)(C)C)NCCc1ccc(OC)cc1Cl.I. The Morgan fingerprint density at radius 2 is 1.83 bits per heavy atom. The number of hydrogen-bond donors (Lipinski definition) is 3. The van der Waals surface area contributed by atoms with Crippen LogP contribution in [-0.2, 0) is 6.42 Å². The van der Waals surface area contributed by atoms with Gasteiger partial charge in [-0.05, 0) is 44.9 Å². The highest BCUT2D eigenvalue weighted by Gasteiger charge is 2.07. The van der Waals surface area contributed by atoms with Crippen LogP contribution in [0.4, 0.5) is 0 Å². The summed E-state index contributed by atoms with van der Waals surface area (Å²) in [5.74, 6) is 1.57. The minimum atomic E-state index is 0. The molecule has 24 heavy (non-hydrogen) atoms. The van der Waals surface area contributed by atoms with Gasteiger partial charge >= 0.3 is 0 Å². The first-order chi connectivity index (χ1) is 10.9. The number of halogens is 2. The van der Waals surface area contributed by atoms with Crippen LogP contribution in [0.1, 0.15) is 26.3 Å². The Balaban J connectivity index is 0.00000529. The lowest BCUT2D eigenvalue weighted by Gasteiger charge is -2.21. The van der Waals surface area contributed by atoms with Gasteiger partial charge in [-0.2, -0.15) is 0 Å². The van der Waals surface area contributed by atoms with E-state index in [1.807, 2.05) is 18.2 Å². The maximum Gasteiger partial charge on any atom is 0.191 e. The Morgan fingerprint density at radius 1 is 1.17 bits per heavy atom. The first kappa shape index (κ1) is 23.3. The van der Waals surface area contributed by atoms with Crippen molar-refractivity contribution in [2.45, 2.75) is 32.7 Å². The fourth-order valence-corrected chi connectivity index (χ4v) is 2.28. The number of guanidine groups is 1. The van der Waals surface area contributed by atoms with Crippen molar-refractivity contribution in [1.82, 2.24) is 16.0 Å². The molecule has 0 amide bonds. The lowest BCUT2D eigenvalue weighted by Crippen LogP contribution is -2.44. The second-order valence-electron chi connectivity index (χ2n) is 6.31. The molecular formula is C17H30ClIN4O. The largest absolute Gasteiger partial charge is 0.497 e. The van der Waals surface area contributed by atoms with Gasteiger partial charge in [0.1, 0.15) is 5.75 Å². The summed E-state index contributed by atoms with van der Waals surface area (Å²) in [5.41, 5.74) is 1.22. The van der Waals surface area contributed by atoms with Crippen molar-refractivity contribution in [3.05, 3.63) is 28.8 Å². The van der Waals surface area contributed by atoms with Gasteiger partial charge in [0, 0.05) is 37.2 Å². The Kier molecular flexibility index (Phi) is 11.4. The van der Waals surface area contributed by atoms with Crippen LogP contribution in [-0.4, -0.2) is 45.3 Å². The standard InChI is InChI=1S/C17H29ClN4O.HI/c1-17(2,3)22-11-10-21-16(19-4)20-9-8-13-6-7-14(23-5)12-15(13)18;/h6-7,12,22H,8-11H2,1-5H3,(H2,19,20,21);1H. The van der Waals surface area contributed by atoms with E-state index in [1.54, 1.807) is 14.2 Å². The van der Waals surface area contributed by atoms with Crippen molar-refractivity contribution >= 4 is 41.5 Å². The van der Waals surface area contributed by atoms with E-state index in [-0.39, 0.29) is 29.5 Å². The van der Waals surface area contributed by atoms with Crippen LogP contribution in [0.2, 0.25) is 5.02 Å². The van der Waals surface area contributed by atoms with Crippen molar-refractivity contribution in [2.75, 3.05) is 33.8 Å². The molecule has 138 valence electrons. The monoisotopic (exact) mass is 468 g/mol. The van der Waals surface area contributed by atoms with E-state index in [2.05, 4.69) is 41.7 Å². The summed E-state index contributed by atoms with van der Waals surface area (Å²) < 4.78 is 5.15. The lowest BCUT2D eigenvalue weighted by atomic mass is 10.1. The number of nitrogens with one attached hydrogen (secondary N) is 3. The Bertz CT molecular complexity index is 518. The molecule has 0 saturated heterocycles. The third-order valence-electron chi connectivity index (χ3n) is 3.24. The molecule has 0 radical (unpaired) electrons. The van der Waals surface area contributed by atoms with Crippen molar-refractivity contribution in [2.24, 2.45) is 4.99 Å². The zero-order valence-corrected chi connectivity index (χ0v) is 18.3. The summed E-state index contributed by atoms with van der Waals surface area (Å²) in [6.07, 6.45) is 0.823. The number of methoxy groups -OCH3 is 1. The Hall–Kier alpha value is -0.730. The molecule has 0 aliphatic heterocycles. The highest BCUT2D eigenvalue weighted by atomic mass is 127. The molecule has 1 aromatic rings.